The van der Waals surface area contributed by atoms with Crippen LogP contribution in [0.4, 0.5) is 5.69 Å². The molecule has 0 saturated carbocycles. The third-order valence-corrected chi connectivity index (χ3v) is 5.69. The average molecular weight is 373 g/mol. The minimum atomic E-state index is 0.0658. The average Bonchev–Trinajstić information content (AvgIpc) is 2.55. The van der Waals surface area contributed by atoms with Gasteiger partial charge in [-0.05, 0) is 30.3 Å². The van der Waals surface area contributed by atoms with Crippen LogP contribution in [0.1, 0.15) is 12.0 Å². The van der Waals surface area contributed by atoms with Crippen molar-refractivity contribution in [2.75, 3.05) is 10.8 Å². The van der Waals surface area contributed by atoms with Crippen molar-refractivity contribution in [3.63, 3.8) is 0 Å². The summed E-state index contributed by atoms with van der Waals surface area (Å²) >= 11 is 5.24. The summed E-state index contributed by atoms with van der Waals surface area (Å²) in [6.07, 6.45) is 0.524. The van der Waals surface area contributed by atoms with E-state index in [-0.39, 0.29) is 11.8 Å². The summed E-state index contributed by atoms with van der Waals surface area (Å²) in [5.41, 5.74) is 3.02. The van der Waals surface area contributed by atoms with Crippen LogP contribution >= 0.6 is 27.7 Å². The Kier molecular flexibility index (Phi) is 3.54. The van der Waals surface area contributed by atoms with Crippen molar-refractivity contribution in [1.82, 2.24) is 0 Å². The van der Waals surface area contributed by atoms with E-state index < -0.39 is 0 Å². The standard InChI is InChI=1S/C17H13BrN2OS/c18-12-5-7-13(8-6-12)20-16(21)9-11-10-22-15-4-2-1-3-14(15)17(11)19-20/h1-8,11H,9-10H2. The third-order valence-electron chi connectivity index (χ3n) is 3.93. The van der Waals surface area contributed by atoms with Crippen LogP contribution in [0.2, 0.25) is 0 Å². The second kappa shape index (κ2) is 5.56. The Morgan fingerprint density at radius 1 is 1.14 bits per heavy atom. The highest BCUT2D eigenvalue weighted by atomic mass is 79.9. The third kappa shape index (κ3) is 2.38. The molecule has 0 saturated heterocycles. The summed E-state index contributed by atoms with van der Waals surface area (Å²) in [6, 6.07) is 16.0. The van der Waals surface area contributed by atoms with Gasteiger partial charge in [0, 0.05) is 33.0 Å². The number of hydrazone groups is 1. The van der Waals surface area contributed by atoms with Gasteiger partial charge < -0.3 is 0 Å². The highest BCUT2D eigenvalue weighted by Crippen LogP contribution is 2.37. The van der Waals surface area contributed by atoms with E-state index >= 15 is 0 Å². The number of halogens is 1. The molecule has 3 nitrogen and oxygen atoms in total. The monoisotopic (exact) mass is 372 g/mol. The van der Waals surface area contributed by atoms with Crippen molar-refractivity contribution >= 4 is 45.0 Å². The van der Waals surface area contributed by atoms with Crippen molar-refractivity contribution in [1.29, 1.82) is 0 Å². The first kappa shape index (κ1) is 14.0. The summed E-state index contributed by atoms with van der Waals surface area (Å²) in [5.74, 6) is 1.21. The van der Waals surface area contributed by atoms with Gasteiger partial charge in [0.15, 0.2) is 0 Å². The van der Waals surface area contributed by atoms with Crippen LogP contribution in [-0.4, -0.2) is 17.4 Å². The van der Waals surface area contributed by atoms with Crippen molar-refractivity contribution in [2.24, 2.45) is 11.0 Å². The van der Waals surface area contributed by atoms with E-state index in [9.17, 15) is 4.79 Å². The van der Waals surface area contributed by atoms with E-state index in [1.807, 2.05) is 48.2 Å². The molecule has 1 unspecified atom stereocenters. The van der Waals surface area contributed by atoms with Crippen LogP contribution in [0.25, 0.3) is 0 Å². The molecule has 0 bridgehead atoms. The molecule has 2 aliphatic rings. The topological polar surface area (TPSA) is 32.7 Å². The molecule has 0 aromatic heterocycles. The molecule has 4 rings (SSSR count). The first-order chi connectivity index (χ1) is 10.7. The molecule has 1 atom stereocenters. The number of carbonyl (C=O) groups is 1. The van der Waals surface area contributed by atoms with Crippen molar-refractivity contribution < 1.29 is 4.79 Å². The molecule has 5 heteroatoms. The van der Waals surface area contributed by atoms with Gasteiger partial charge >= 0.3 is 0 Å². The zero-order chi connectivity index (χ0) is 15.1. The fourth-order valence-electron chi connectivity index (χ4n) is 2.83. The van der Waals surface area contributed by atoms with E-state index in [1.165, 1.54) is 10.5 Å². The van der Waals surface area contributed by atoms with Crippen molar-refractivity contribution in [3.8, 4) is 0 Å². The lowest BCUT2D eigenvalue weighted by Gasteiger charge is -2.32. The predicted molar refractivity (Wildman–Crippen MR) is 93.4 cm³/mol. The minimum Gasteiger partial charge on any atom is -0.273 e. The zero-order valence-corrected chi connectivity index (χ0v) is 14.1. The number of amides is 1. The number of hydrogen-bond acceptors (Lipinski definition) is 3. The Labute approximate surface area is 141 Å². The normalized spacial score (nSPS) is 20.2. The maximum Gasteiger partial charge on any atom is 0.248 e. The first-order valence-corrected chi connectivity index (χ1v) is 8.89. The lowest BCUT2D eigenvalue weighted by Crippen LogP contribution is -2.39. The molecule has 0 N–H and O–H groups in total. The molecule has 0 spiro atoms. The molecule has 2 aliphatic heterocycles. The molecule has 22 heavy (non-hydrogen) atoms. The first-order valence-electron chi connectivity index (χ1n) is 7.11. The number of nitrogens with zero attached hydrogens (tertiary/aromatic N) is 2. The van der Waals surface area contributed by atoms with Gasteiger partial charge in [0.1, 0.15) is 0 Å². The Morgan fingerprint density at radius 2 is 1.91 bits per heavy atom. The molecule has 1 amide bonds. The predicted octanol–water partition coefficient (Wildman–Crippen LogP) is 4.31. The van der Waals surface area contributed by atoms with Gasteiger partial charge in [0.25, 0.3) is 0 Å². The summed E-state index contributed by atoms with van der Waals surface area (Å²) in [6.45, 7) is 0. The van der Waals surface area contributed by atoms with Gasteiger partial charge in [0.05, 0.1) is 11.4 Å². The summed E-state index contributed by atoms with van der Waals surface area (Å²) in [7, 11) is 0. The second-order valence-electron chi connectivity index (χ2n) is 5.38. The van der Waals surface area contributed by atoms with E-state index in [4.69, 9.17) is 5.10 Å². The highest BCUT2D eigenvalue weighted by Gasteiger charge is 2.34. The Bertz CT molecular complexity index is 772. The quantitative estimate of drug-likeness (QED) is 0.746. The Hall–Kier alpha value is -1.59. The smallest absolute Gasteiger partial charge is 0.248 e. The number of rotatable bonds is 1. The molecule has 0 radical (unpaired) electrons. The van der Waals surface area contributed by atoms with Crippen LogP contribution in [0, 0.1) is 5.92 Å². The van der Waals surface area contributed by atoms with E-state index in [2.05, 4.69) is 28.1 Å². The second-order valence-corrected chi connectivity index (χ2v) is 7.35. The molecule has 2 aromatic rings. The van der Waals surface area contributed by atoms with Gasteiger partial charge in [0.2, 0.25) is 5.91 Å². The van der Waals surface area contributed by atoms with Crippen LogP contribution < -0.4 is 5.01 Å². The summed E-state index contributed by atoms with van der Waals surface area (Å²) in [5, 5.41) is 6.24. The number of benzene rings is 2. The maximum absolute atomic E-state index is 12.4. The number of fused-ring (bicyclic) bond motifs is 3. The molecule has 110 valence electrons. The van der Waals surface area contributed by atoms with E-state index in [1.54, 1.807) is 5.01 Å². The number of thioether (sulfide) groups is 1. The molecule has 2 aromatic carbocycles. The fourth-order valence-corrected chi connectivity index (χ4v) is 4.25. The Balaban J connectivity index is 1.80. The van der Waals surface area contributed by atoms with Gasteiger partial charge in [-0.3, -0.25) is 4.79 Å². The SMILES string of the molecule is O=C1CC2CSc3ccccc3C2=NN1c1ccc(Br)cc1. The number of carbonyl (C=O) groups excluding carboxylic acids is 1. The molecular formula is C17H13BrN2OS. The number of hydrogen-bond donors (Lipinski definition) is 0. The largest absolute Gasteiger partial charge is 0.273 e. The molecular weight excluding hydrogens is 360 g/mol. The van der Waals surface area contributed by atoms with Gasteiger partial charge in [-0.2, -0.15) is 5.10 Å². The van der Waals surface area contributed by atoms with Crippen LogP contribution in [-0.2, 0) is 4.79 Å². The zero-order valence-electron chi connectivity index (χ0n) is 11.7. The summed E-state index contributed by atoms with van der Waals surface area (Å²) < 4.78 is 0.991. The number of anilines is 1. The molecule has 0 aliphatic carbocycles. The lowest BCUT2D eigenvalue weighted by molar-refractivity contribution is -0.119. The van der Waals surface area contributed by atoms with E-state index in [0.29, 0.717) is 6.42 Å². The fraction of sp³-hybridized carbons (Fsp3) is 0.176. The molecule has 2 heterocycles. The van der Waals surface area contributed by atoms with Crippen molar-refractivity contribution in [3.05, 3.63) is 58.6 Å². The van der Waals surface area contributed by atoms with Gasteiger partial charge in [-0.1, -0.05) is 34.1 Å². The molecule has 0 fully saturated rings. The van der Waals surface area contributed by atoms with Gasteiger partial charge in [-0.15, -0.1) is 11.8 Å². The van der Waals surface area contributed by atoms with Crippen LogP contribution in [0.15, 0.2) is 63.0 Å². The van der Waals surface area contributed by atoms with Crippen LogP contribution in [0.3, 0.4) is 0 Å². The van der Waals surface area contributed by atoms with Gasteiger partial charge in [-0.25, -0.2) is 5.01 Å². The Morgan fingerprint density at radius 3 is 2.73 bits per heavy atom. The summed E-state index contributed by atoms with van der Waals surface area (Å²) in [4.78, 5) is 13.7. The maximum atomic E-state index is 12.4. The van der Waals surface area contributed by atoms with Crippen molar-refractivity contribution in [2.45, 2.75) is 11.3 Å². The van der Waals surface area contributed by atoms with E-state index in [0.717, 1.165) is 21.6 Å². The van der Waals surface area contributed by atoms with Crippen LogP contribution in [0.5, 0.6) is 0 Å². The lowest BCUT2D eigenvalue weighted by atomic mass is 9.93. The minimum absolute atomic E-state index is 0.0658. The highest BCUT2D eigenvalue weighted by molar-refractivity contribution is 9.10.